The number of hydrogen-bond acceptors (Lipinski definition) is 1. The highest BCUT2D eigenvalue weighted by atomic mass is 16.2. The summed E-state index contributed by atoms with van der Waals surface area (Å²) in [6.07, 6.45) is 4.83. The number of fused-ring (bicyclic) bond motifs is 1. The van der Waals surface area contributed by atoms with Gasteiger partial charge in [0.1, 0.15) is 0 Å². The average Bonchev–Trinajstić information content (AvgIpc) is 3.01. The van der Waals surface area contributed by atoms with Gasteiger partial charge in [0.05, 0.1) is 0 Å². The van der Waals surface area contributed by atoms with Crippen LogP contribution in [0.3, 0.4) is 0 Å². The summed E-state index contributed by atoms with van der Waals surface area (Å²) < 4.78 is 0. The Morgan fingerprint density at radius 2 is 1.80 bits per heavy atom. The van der Waals surface area contributed by atoms with Crippen LogP contribution in [0.25, 0.3) is 10.8 Å². The molecule has 0 aromatic heterocycles. The topological polar surface area (TPSA) is 20.3 Å². The van der Waals surface area contributed by atoms with Crippen LogP contribution in [0.4, 0.5) is 0 Å². The highest BCUT2D eigenvalue weighted by Gasteiger charge is 2.26. The van der Waals surface area contributed by atoms with Gasteiger partial charge in [-0.25, -0.2) is 0 Å². The zero-order valence-electron chi connectivity index (χ0n) is 12.0. The van der Waals surface area contributed by atoms with Crippen LogP contribution >= 0.6 is 0 Å². The maximum absolute atomic E-state index is 12.7. The minimum Gasteiger partial charge on any atom is -0.336 e. The van der Waals surface area contributed by atoms with E-state index < -0.39 is 0 Å². The smallest absolute Gasteiger partial charge is 0.254 e. The van der Waals surface area contributed by atoms with Crippen molar-refractivity contribution >= 4 is 16.7 Å². The Labute approximate surface area is 120 Å². The summed E-state index contributed by atoms with van der Waals surface area (Å²) in [6, 6.07) is 14.7. The van der Waals surface area contributed by atoms with E-state index >= 15 is 0 Å². The standard InChI is InChI=1S/C18H21NO/c1-2-19(17-9-5-6-10-17)18(20)16-12-11-14-7-3-4-8-15(14)13-16/h3-4,7-8,11-13,17H,2,5-6,9-10H2,1H3. The third-order valence-electron chi connectivity index (χ3n) is 4.36. The molecule has 1 saturated carbocycles. The van der Waals surface area contributed by atoms with Crippen LogP contribution in [0.2, 0.25) is 0 Å². The second-order valence-corrected chi connectivity index (χ2v) is 5.59. The molecule has 2 heteroatoms. The molecule has 2 aromatic rings. The van der Waals surface area contributed by atoms with E-state index in [1.54, 1.807) is 0 Å². The van der Waals surface area contributed by atoms with E-state index in [0.717, 1.165) is 30.3 Å². The minimum absolute atomic E-state index is 0.185. The van der Waals surface area contributed by atoms with Crippen molar-refractivity contribution in [3.8, 4) is 0 Å². The molecular formula is C18H21NO. The molecule has 0 bridgehead atoms. The lowest BCUT2D eigenvalue weighted by Gasteiger charge is -2.27. The van der Waals surface area contributed by atoms with Crippen molar-refractivity contribution in [1.29, 1.82) is 0 Å². The lowest BCUT2D eigenvalue weighted by molar-refractivity contribution is 0.0694. The molecule has 0 radical (unpaired) electrons. The Bertz CT molecular complexity index is 614. The number of carbonyl (C=O) groups is 1. The summed E-state index contributed by atoms with van der Waals surface area (Å²) in [4.78, 5) is 14.8. The molecule has 1 amide bonds. The predicted molar refractivity (Wildman–Crippen MR) is 82.9 cm³/mol. The normalized spacial score (nSPS) is 15.7. The van der Waals surface area contributed by atoms with Gasteiger partial charge in [-0.05, 0) is 42.7 Å². The van der Waals surface area contributed by atoms with Gasteiger partial charge >= 0.3 is 0 Å². The van der Waals surface area contributed by atoms with Gasteiger partial charge in [0.2, 0.25) is 0 Å². The second kappa shape index (κ2) is 5.66. The quantitative estimate of drug-likeness (QED) is 0.814. The molecule has 3 rings (SSSR count). The fraction of sp³-hybridized carbons (Fsp3) is 0.389. The lowest BCUT2D eigenvalue weighted by atomic mass is 10.1. The average molecular weight is 267 g/mol. The molecule has 0 N–H and O–H groups in total. The molecule has 0 saturated heterocycles. The third-order valence-corrected chi connectivity index (χ3v) is 4.36. The number of amides is 1. The molecule has 1 fully saturated rings. The lowest BCUT2D eigenvalue weighted by Crippen LogP contribution is -2.38. The van der Waals surface area contributed by atoms with Crippen LogP contribution < -0.4 is 0 Å². The van der Waals surface area contributed by atoms with Gasteiger partial charge in [0.15, 0.2) is 0 Å². The molecule has 1 aliphatic rings. The third kappa shape index (κ3) is 2.43. The van der Waals surface area contributed by atoms with E-state index in [-0.39, 0.29) is 5.91 Å². The molecule has 0 heterocycles. The van der Waals surface area contributed by atoms with Crippen LogP contribution in [-0.2, 0) is 0 Å². The van der Waals surface area contributed by atoms with Crippen molar-refractivity contribution < 1.29 is 4.79 Å². The Balaban J connectivity index is 1.90. The molecule has 1 aliphatic carbocycles. The van der Waals surface area contributed by atoms with E-state index in [0.29, 0.717) is 6.04 Å². The zero-order valence-corrected chi connectivity index (χ0v) is 12.0. The second-order valence-electron chi connectivity index (χ2n) is 5.59. The summed E-state index contributed by atoms with van der Waals surface area (Å²) in [7, 11) is 0. The van der Waals surface area contributed by atoms with E-state index in [4.69, 9.17) is 0 Å². The Morgan fingerprint density at radius 3 is 2.50 bits per heavy atom. The van der Waals surface area contributed by atoms with Crippen LogP contribution in [0.1, 0.15) is 43.0 Å². The molecular weight excluding hydrogens is 246 g/mol. The fourth-order valence-electron chi connectivity index (χ4n) is 3.27. The predicted octanol–water partition coefficient (Wildman–Crippen LogP) is 4.24. The van der Waals surface area contributed by atoms with Crippen LogP contribution in [0, 0.1) is 0 Å². The van der Waals surface area contributed by atoms with Crippen molar-refractivity contribution in [2.45, 2.75) is 38.6 Å². The molecule has 0 unspecified atom stereocenters. The summed E-state index contributed by atoms with van der Waals surface area (Å²) in [6.45, 7) is 2.88. The molecule has 104 valence electrons. The number of nitrogens with zero attached hydrogens (tertiary/aromatic N) is 1. The first-order chi connectivity index (χ1) is 9.79. The van der Waals surface area contributed by atoms with E-state index in [1.165, 1.54) is 18.2 Å². The maximum atomic E-state index is 12.7. The van der Waals surface area contributed by atoms with Crippen molar-refractivity contribution in [2.24, 2.45) is 0 Å². The first-order valence-electron chi connectivity index (χ1n) is 7.59. The van der Waals surface area contributed by atoms with Gasteiger partial charge in [-0.3, -0.25) is 4.79 Å². The minimum atomic E-state index is 0.185. The van der Waals surface area contributed by atoms with Crippen molar-refractivity contribution in [3.05, 3.63) is 48.0 Å². The number of hydrogen-bond donors (Lipinski definition) is 0. The molecule has 2 nitrogen and oxygen atoms in total. The molecule has 0 atom stereocenters. The van der Waals surface area contributed by atoms with Gasteiger partial charge in [0.25, 0.3) is 5.91 Å². The Morgan fingerprint density at radius 1 is 1.10 bits per heavy atom. The molecule has 0 spiro atoms. The number of carbonyl (C=O) groups excluding carboxylic acids is 1. The maximum Gasteiger partial charge on any atom is 0.254 e. The van der Waals surface area contributed by atoms with Crippen molar-refractivity contribution in [3.63, 3.8) is 0 Å². The fourth-order valence-corrected chi connectivity index (χ4v) is 3.27. The zero-order chi connectivity index (χ0) is 13.9. The van der Waals surface area contributed by atoms with E-state index in [1.807, 2.05) is 30.3 Å². The SMILES string of the molecule is CCN(C(=O)c1ccc2ccccc2c1)C1CCCC1. The van der Waals surface area contributed by atoms with Gasteiger partial charge in [-0.1, -0.05) is 43.2 Å². The largest absolute Gasteiger partial charge is 0.336 e. The molecule has 20 heavy (non-hydrogen) atoms. The van der Waals surface area contributed by atoms with Crippen LogP contribution in [0.15, 0.2) is 42.5 Å². The van der Waals surface area contributed by atoms with E-state index in [2.05, 4.69) is 24.0 Å². The number of benzene rings is 2. The van der Waals surface area contributed by atoms with Gasteiger partial charge < -0.3 is 4.90 Å². The van der Waals surface area contributed by atoms with E-state index in [9.17, 15) is 4.79 Å². The van der Waals surface area contributed by atoms with Crippen LogP contribution in [-0.4, -0.2) is 23.4 Å². The summed E-state index contributed by atoms with van der Waals surface area (Å²) in [5, 5.41) is 2.33. The van der Waals surface area contributed by atoms with Crippen molar-refractivity contribution in [1.82, 2.24) is 4.90 Å². The summed E-state index contributed by atoms with van der Waals surface area (Å²) in [5.74, 6) is 0.185. The monoisotopic (exact) mass is 267 g/mol. The highest BCUT2D eigenvalue weighted by molar-refractivity contribution is 5.98. The van der Waals surface area contributed by atoms with Crippen molar-refractivity contribution in [2.75, 3.05) is 6.54 Å². The number of rotatable bonds is 3. The van der Waals surface area contributed by atoms with Gasteiger partial charge in [-0.15, -0.1) is 0 Å². The Kier molecular flexibility index (Phi) is 3.72. The Hall–Kier alpha value is -1.83. The summed E-state index contributed by atoms with van der Waals surface area (Å²) >= 11 is 0. The first kappa shape index (κ1) is 13.2. The summed E-state index contributed by atoms with van der Waals surface area (Å²) in [5.41, 5.74) is 0.817. The molecule has 2 aromatic carbocycles. The van der Waals surface area contributed by atoms with Gasteiger partial charge in [0, 0.05) is 18.2 Å². The van der Waals surface area contributed by atoms with Crippen LogP contribution in [0.5, 0.6) is 0 Å². The molecule has 0 aliphatic heterocycles. The first-order valence-corrected chi connectivity index (χ1v) is 7.59. The van der Waals surface area contributed by atoms with Gasteiger partial charge in [-0.2, -0.15) is 0 Å². The highest BCUT2D eigenvalue weighted by Crippen LogP contribution is 2.25.